The molecule has 298 valence electrons. The predicted molar refractivity (Wildman–Crippen MR) is 252 cm³/mol. The van der Waals surface area contributed by atoms with Crippen LogP contribution in [0.3, 0.4) is 0 Å². The van der Waals surface area contributed by atoms with Crippen molar-refractivity contribution in [1.29, 1.82) is 0 Å². The van der Waals surface area contributed by atoms with Crippen molar-refractivity contribution in [3.63, 3.8) is 0 Å². The van der Waals surface area contributed by atoms with Gasteiger partial charge in [0.05, 0.1) is 8.07 Å². The first kappa shape index (κ1) is 84.1. The Bertz CT molecular complexity index is 607. The maximum absolute atomic E-state index is 5.55. The minimum atomic E-state index is -1.57. The number of allylic oxidation sites excluding steroid dienone is 2. The van der Waals surface area contributed by atoms with Crippen LogP contribution in [-0.4, -0.2) is 242 Å². The summed E-state index contributed by atoms with van der Waals surface area (Å²) in [6.45, 7) is 26.0. The second kappa shape index (κ2) is 57.6. The summed E-state index contributed by atoms with van der Waals surface area (Å²) >= 11 is 2.51. The van der Waals surface area contributed by atoms with Crippen LogP contribution in [0.5, 0.6) is 0 Å². The Balaban J connectivity index is -0.0000000427. The van der Waals surface area contributed by atoms with E-state index in [1.807, 2.05) is 0 Å². The van der Waals surface area contributed by atoms with Crippen molar-refractivity contribution >= 4 is 220 Å². The van der Waals surface area contributed by atoms with Crippen molar-refractivity contribution in [2.75, 3.05) is 0 Å². The Morgan fingerprint density at radius 3 is 0.920 bits per heavy atom. The van der Waals surface area contributed by atoms with Gasteiger partial charge in [0.1, 0.15) is 0 Å². The van der Waals surface area contributed by atoms with E-state index in [1.54, 1.807) is 0 Å². The first-order valence-corrected chi connectivity index (χ1v) is 32.4. The molecule has 2 fully saturated rings. The van der Waals surface area contributed by atoms with E-state index in [0.29, 0.717) is 49.6 Å². The normalized spacial score (nSPS) is 13.7. The molecule has 8 nitrogen and oxygen atoms in total. The summed E-state index contributed by atoms with van der Waals surface area (Å²) in [4.78, 5) is 0. The van der Waals surface area contributed by atoms with Crippen LogP contribution >= 0.6 is 0 Å². The molecule has 0 saturated heterocycles. The Labute approximate surface area is 443 Å². The molecule has 0 spiro atoms. The topological polar surface area (TPSA) is 163 Å². The molecular formula is C31H86In4O8Si3Sn4. The van der Waals surface area contributed by atoms with Gasteiger partial charge in [0.2, 0.25) is 0 Å². The molecule has 0 amide bonds. The van der Waals surface area contributed by atoms with E-state index >= 15 is 0 Å². The predicted octanol–water partition coefficient (Wildman–Crippen LogP) is 2.22. The SMILES string of the molecule is C1CCC1.C1CCC1.C=C(C)C[Si](C)(CCCC)CC(=C)C.CCCC[Si](C)([O][InH2])[O][SnH].CCCC[Si](C)([O][InH2])[O][SnH].O.O.O.O.[InH2].[InH2].[SnH].[SnH]. The molecule has 0 aromatic heterocycles. The third kappa shape index (κ3) is 58.8. The molecule has 19 heteroatoms. The van der Waals surface area contributed by atoms with E-state index in [9.17, 15) is 0 Å². The fourth-order valence-corrected chi connectivity index (χ4v) is 29.9. The standard InChI is InChI=1S/C13H26Si.2C5H12O2Si.2C4H8.4In.4H2O.4Sn.12H/c1-7-8-9-14(6,10-12(2)3)11-13(4)5;2*1-3-4-5-8(2,6)7;2*1-2-4-3-1;;;;;;;;;;;;;;;;;;;;;;;;/h2,4,7-11H2,1,3,5-6H3;2*3-5H2,1-2H3;2*1-4H2;;;;;4*1H2;;;;;;;;;;;;;;;;/q;2*-2;;;;;2*+1;;;;;;;2*+1;;;;;;;;;;;;. The van der Waals surface area contributed by atoms with Gasteiger partial charge in [-0.3, -0.25) is 0 Å². The molecule has 2 unspecified atom stereocenters. The molecule has 0 aromatic rings. The van der Waals surface area contributed by atoms with Crippen LogP contribution in [0.15, 0.2) is 24.3 Å². The van der Waals surface area contributed by atoms with Gasteiger partial charge in [-0.2, -0.15) is 0 Å². The molecule has 2 atom stereocenters. The molecule has 0 aliphatic heterocycles. The molecule has 0 aromatic carbocycles. The summed E-state index contributed by atoms with van der Waals surface area (Å²) < 4.78 is 22.1. The van der Waals surface area contributed by atoms with E-state index < -0.39 is 25.2 Å². The molecule has 0 bridgehead atoms. The van der Waals surface area contributed by atoms with Gasteiger partial charge in [-0.1, -0.05) is 94.9 Å². The van der Waals surface area contributed by atoms with Crippen molar-refractivity contribution in [3.8, 4) is 0 Å². The second-order valence-corrected chi connectivity index (χ2v) is 35.8. The second-order valence-electron chi connectivity index (χ2n) is 13.1. The molecule has 12 radical (unpaired) electrons. The van der Waals surface area contributed by atoms with Crippen molar-refractivity contribution in [1.82, 2.24) is 0 Å². The Morgan fingerprint density at radius 2 is 0.780 bits per heavy atom. The zero-order valence-corrected chi connectivity index (χ0v) is 74.3. The van der Waals surface area contributed by atoms with Crippen molar-refractivity contribution in [2.45, 2.75) is 174 Å². The van der Waals surface area contributed by atoms with Gasteiger partial charge in [0, 0.05) is 0 Å². The van der Waals surface area contributed by atoms with E-state index in [1.165, 1.54) is 131 Å². The fourth-order valence-electron chi connectivity index (χ4n) is 4.21. The van der Waals surface area contributed by atoms with E-state index in [4.69, 9.17) is 10.6 Å². The van der Waals surface area contributed by atoms with Crippen molar-refractivity contribution in [3.05, 3.63) is 24.3 Å². The van der Waals surface area contributed by atoms with Gasteiger partial charge in [-0.25, -0.2) is 0 Å². The molecule has 2 rings (SSSR count). The summed E-state index contributed by atoms with van der Waals surface area (Å²) in [7, 11) is -4.23. The number of unbranched alkanes of at least 4 members (excludes halogenated alkanes) is 3. The first-order valence-electron chi connectivity index (χ1n) is 16.9. The molecule has 2 aliphatic rings. The molecule has 50 heavy (non-hydrogen) atoms. The minimum absolute atomic E-state index is 0. The average Bonchev–Trinajstić information content (AvgIpc) is 2.87. The third-order valence-corrected chi connectivity index (χ3v) is 41.0. The summed E-state index contributed by atoms with van der Waals surface area (Å²) in [6, 6.07) is 6.37. The molecule has 2 saturated carbocycles. The molecule has 0 heterocycles. The van der Waals surface area contributed by atoms with Crippen molar-refractivity contribution in [2.24, 2.45) is 0 Å². The van der Waals surface area contributed by atoms with Crippen molar-refractivity contribution < 1.29 is 32.5 Å². The van der Waals surface area contributed by atoms with Crippen LogP contribution in [0.1, 0.15) is 125 Å². The van der Waals surface area contributed by atoms with Crippen LogP contribution in [0.4, 0.5) is 0 Å². The molecule has 8 N–H and O–H groups in total. The number of hydrogen-bond donors (Lipinski definition) is 0. The van der Waals surface area contributed by atoms with Crippen LogP contribution < -0.4 is 0 Å². The van der Waals surface area contributed by atoms with Crippen LogP contribution in [0.25, 0.3) is 0 Å². The van der Waals surface area contributed by atoms with Crippen LogP contribution in [-0.2, 0) is 10.6 Å². The van der Waals surface area contributed by atoms with Crippen LogP contribution in [0.2, 0.25) is 49.9 Å². The van der Waals surface area contributed by atoms with E-state index in [2.05, 4.69) is 67.4 Å². The summed E-state index contributed by atoms with van der Waals surface area (Å²) in [5.41, 5.74) is 2.72. The van der Waals surface area contributed by atoms with E-state index in [-0.39, 0.29) is 121 Å². The number of rotatable bonds is 17. The van der Waals surface area contributed by atoms with Gasteiger partial charge in [-0.15, -0.1) is 13.2 Å². The fraction of sp³-hybridized carbons (Fsp3) is 0.871. The van der Waals surface area contributed by atoms with Crippen LogP contribution in [0, 0.1) is 0 Å². The Hall–Kier alpha value is 6.49. The Morgan fingerprint density at radius 1 is 0.560 bits per heavy atom. The van der Waals surface area contributed by atoms with Gasteiger partial charge in [-0.05, 0) is 25.9 Å². The average molecular weight is 1610 g/mol. The summed E-state index contributed by atoms with van der Waals surface area (Å²) in [5, 5.41) is 0. The van der Waals surface area contributed by atoms with Gasteiger partial charge >= 0.3 is 287 Å². The van der Waals surface area contributed by atoms with E-state index in [0.717, 1.165) is 45.9 Å². The van der Waals surface area contributed by atoms with Gasteiger partial charge in [0.15, 0.2) is 0 Å². The van der Waals surface area contributed by atoms with Gasteiger partial charge in [0.25, 0.3) is 0 Å². The summed E-state index contributed by atoms with van der Waals surface area (Å²) in [6.07, 6.45) is 19.7. The Kier molecular flexibility index (Phi) is 96.8. The third-order valence-electron chi connectivity index (χ3n) is 7.92. The first-order chi connectivity index (χ1) is 19.8. The zero-order chi connectivity index (χ0) is 32.9. The van der Waals surface area contributed by atoms with Gasteiger partial charge < -0.3 is 21.9 Å². The quantitative estimate of drug-likeness (QED) is 0.162. The molecule has 2 aliphatic carbocycles. The summed E-state index contributed by atoms with van der Waals surface area (Å²) in [5.74, 6) is 0. The monoisotopic (exact) mass is 1610 g/mol. The maximum atomic E-state index is 5.55. The zero-order valence-electron chi connectivity index (χ0n) is 35.3. The number of hydrogen-bond acceptors (Lipinski definition) is 4. The molecular weight excluding hydrogens is 1520 g/mol.